The van der Waals surface area contributed by atoms with Crippen molar-refractivity contribution in [2.24, 2.45) is 0 Å². The van der Waals surface area contributed by atoms with Crippen molar-refractivity contribution < 1.29 is 14.3 Å². The van der Waals surface area contributed by atoms with Crippen LogP contribution in [0.25, 0.3) is 0 Å². The van der Waals surface area contributed by atoms with Crippen molar-refractivity contribution in [2.45, 2.75) is 44.7 Å². The Morgan fingerprint density at radius 3 is 2.59 bits per heavy atom. The zero-order valence-corrected chi connectivity index (χ0v) is 12.9. The highest BCUT2D eigenvalue weighted by Crippen LogP contribution is 2.24. The van der Waals surface area contributed by atoms with E-state index in [1.807, 2.05) is 6.92 Å². The third kappa shape index (κ3) is 3.24. The number of amides is 2. The Morgan fingerprint density at radius 1 is 1.23 bits per heavy atom. The van der Waals surface area contributed by atoms with Gasteiger partial charge in [-0.05, 0) is 56.9 Å². The van der Waals surface area contributed by atoms with Crippen LogP contribution >= 0.6 is 0 Å². The first-order chi connectivity index (χ1) is 10.7. The number of hydrogen-bond acceptors (Lipinski definition) is 3. The van der Waals surface area contributed by atoms with Crippen LogP contribution in [0.15, 0.2) is 24.3 Å². The summed E-state index contributed by atoms with van der Waals surface area (Å²) in [6, 6.07) is 7.14. The van der Waals surface area contributed by atoms with Gasteiger partial charge >= 0.3 is 0 Å². The largest absolute Gasteiger partial charge is 0.494 e. The van der Waals surface area contributed by atoms with E-state index < -0.39 is 0 Å². The summed E-state index contributed by atoms with van der Waals surface area (Å²) in [7, 11) is 0. The Balaban J connectivity index is 1.68. The van der Waals surface area contributed by atoms with Gasteiger partial charge in [0.05, 0.1) is 6.61 Å². The average molecular weight is 302 g/mol. The van der Waals surface area contributed by atoms with E-state index in [9.17, 15) is 9.59 Å². The third-order valence-corrected chi connectivity index (χ3v) is 4.15. The molecule has 1 atom stereocenters. The van der Waals surface area contributed by atoms with Crippen LogP contribution in [-0.2, 0) is 4.79 Å². The molecule has 1 aromatic rings. The van der Waals surface area contributed by atoms with Crippen LogP contribution in [0.1, 0.15) is 43.0 Å². The molecule has 1 aliphatic carbocycles. The maximum absolute atomic E-state index is 12.6. The van der Waals surface area contributed by atoms with Crippen molar-refractivity contribution in [1.29, 1.82) is 0 Å². The summed E-state index contributed by atoms with van der Waals surface area (Å²) in [6.45, 7) is 3.17. The van der Waals surface area contributed by atoms with Gasteiger partial charge in [-0.3, -0.25) is 9.59 Å². The van der Waals surface area contributed by atoms with Crippen LogP contribution < -0.4 is 10.1 Å². The van der Waals surface area contributed by atoms with E-state index in [0.717, 1.165) is 31.4 Å². The van der Waals surface area contributed by atoms with Gasteiger partial charge in [0.2, 0.25) is 5.91 Å². The van der Waals surface area contributed by atoms with Gasteiger partial charge in [0.1, 0.15) is 11.8 Å². The Labute approximate surface area is 130 Å². The molecule has 2 fully saturated rings. The van der Waals surface area contributed by atoms with Gasteiger partial charge in [-0.2, -0.15) is 0 Å². The molecule has 1 saturated heterocycles. The molecule has 5 nitrogen and oxygen atoms in total. The fraction of sp³-hybridized carbons (Fsp3) is 0.529. The van der Waals surface area contributed by atoms with Crippen LogP contribution in [0, 0.1) is 0 Å². The Kier molecular flexibility index (Phi) is 4.32. The summed E-state index contributed by atoms with van der Waals surface area (Å²) < 4.78 is 5.39. The molecule has 1 unspecified atom stereocenters. The predicted molar refractivity (Wildman–Crippen MR) is 82.8 cm³/mol. The SMILES string of the molecule is CCOc1ccc(C(=O)N2CCCC2C(=O)NC2CC2)cc1. The second-order valence-corrected chi connectivity index (χ2v) is 5.90. The van der Waals surface area contributed by atoms with Crippen molar-refractivity contribution in [1.82, 2.24) is 10.2 Å². The van der Waals surface area contributed by atoms with Gasteiger partial charge in [0, 0.05) is 18.2 Å². The molecular weight excluding hydrogens is 280 g/mol. The highest BCUT2D eigenvalue weighted by Gasteiger charge is 2.36. The summed E-state index contributed by atoms with van der Waals surface area (Å²) in [5.41, 5.74) is 0.606. The summed E-state index contributed by atoms with van der Waals surface area (Å²) in [4.78, 5) is 26.6. The second kappa shape index (κ2) is 6.38. The van der Waals surface area contributed by atoms with Gasteiger partial charge in [-0.25, -0.2) is 0 Å². The van der Waals surface area contributed by atoms with Crippen LogP contribution in [-0.4, -0.2) is 41.9 Å². The molecule has 0 spiro atoms. The Hall–Kier alpha value is -2.04. The van der Waals surface area contributed by atoms with E-state index in [2.05, 4.69) is 5.32 Å². The topological polar surface area (TPSA) is 58.6 Å². The molecule has 1 aliphatic heterocycles. The van der Waals surface area contributed by atoms with Crippen LogP contribution in [0.3, 0.4) is 0 Å². The molecule has 0 aromatic heterocycles. The van der Waals surface area contributed by atoms with Gasteiger partial charge in [-0.1, -0.05) is 0 Å². The molecule has 118 valence electrons. The lowest BCUT2D eigenvalue weighted by atomic mass is 10.1. The maximum atomic E-state index is 12.6. The summed E-state index contributed by atoms with van der Waals surface area (Å²) in [6.07, 6.45) is 3.75. The van der Waals surface area contributed by atoms with E-state index in [1.165, 1.54) is 0 Å². The van der Waals surface area contributed by atoms with E-state index in [4.69, 9.17) is 4.74 Å². The lowest BCUT2D eigenvalue weighted by Crippen LogP contribution is -2.46. The van der Waals surface area contributed by atoms with E-state index in [-0.39, 0.29) is 17.9 Å². The molecule has 1 saturated carbocycles. The molecule has 2 amide bonds. The number of carbonyl (C=O) groups is 2. The van der Waals surface area contributed by atoms with Gasteiger partial charge in [0.15, 0.2) is 0 Å². The molecule has 0 radical (unpaired) electrons. The fourth-order valence-electron chi connectivity index (χ4n) is 2.83. The molecule has 0 bridgehead atoms. The molecular formula is C17H22N2O3. The summed E-state index contributed by atoms with van der Waals surface area (Å²) in [5.74, 6) is 0.680. The predicted octanol–water partition coefficient (Wildman–Crippen LogP) is 1.97. The number of ether oxygens (including phenoxy) is 1. The molecule has 5 heteroatoms. The minimum atomic E-state index is -0.320. The number of likely N-dealkylation sites (tertiary alicyclic amines) is 1. The van der Waals surface area contributed by atoms with E-state index in [0.29, 0.717) is 24.8 Å². The minimum absolute atomic E-state index is 0.000661. The molecule has 1 aromatic carbocycles. The van der Waals surface area contributed by atoms with Crippen LogP contribution in [0.2, 0.25) is 0 Å². The third-order valence-electron chi connectivity index (χ3n) is 4.15. The van der Waals surface area contributed by atoms with E-state index in [1.54, 1.807) is 29.2 Å². The fourth-order valence-corrected chi connectivity index (χ4v) is 2.83. The van der Waals surface area contributed by atoms with Gasteiger partial charge in [0.25, 0.3) is 5.91 Å². The number of nitrogens with one attached hydrogen (secondary N) is 1. The first-order valence-electron chi connectivity index (χ1n) is 8.03. The zero-order valence-electron chi connectivity index (χ0n) is 12.9. The molecule has 2 aliphatic rings. The van der Waals surface area contributed by atoms with Crippen LogP contribution in [0.4, 0.5) is 0 Å². The lowest BCUT2D eigenvalue weighted by molar-refractivity contribution is -0.125. The van der Waals surface area contributed by atoms with Crippen molar-refractivity contribution in [2.75, 3.05) is 13.2 Å². The number of nitrogens with zero attached hydrogens (tertiary/aromatic N) is 1. The average Bonchev–Trinajstić information content (AvgIpc) is 3.19. The number of hydrogen-bond donors (Lipinski definition) is 1. The first kappa shape index (κ1) is 14.9. The van der Waals surface area contributed by atoms with Crippen molar-refractivity contribution >= 4 is 11.8 Å². The molecule has 1 N–H and O–H groups in total. The highest BCUT2D eigenvalue weighted by atomic mass is 16.5. The smallest absolute Gasteiger partial charge is 0.254 e. The first-order valence-corrected chi connectivity index (χ1v) is 8.03. The van der Waals surface area contributed by atoms with Crippen molar-refractivity contribution in [3.63, 3.8) is 0 Å². The minimum Gasteiger partial charge on any atom is -0.494 e. The number of rotatable bonds is 5. The molecule has 22 heavy (non-hydrogen) atoms. The quantitative estimate of drug-likeness (QED) is 0.904. The van der Waals surface area contributed by atoms with Crippen molar-refractivity contribution in [3.8, 4) is 5.75 Å². The van der Waals surface area contributed by atoms with Gasteiger partial charge in [-0.15, -0.1) is 0 Å². The molecule has 3 rings (SSSR count). The summed E-state index contributed by atoms with van der Waals surface area (Å²) >= 11 is 0. The Morgan fingerprint density at radius 2 is 1.95 bits per heavy atom. The second-order valence-electron chi connectivity index (χ2n) is 5.90. The van der Waals surface area contributed by atoms with Crippen molar-refractivity contribution in [3.05, 3.63) is 29.8 Å². The van der Waals surface area contributed by atoms with E-state index >= 15 is 0 Å². The monoisotopic (exact) mass is 302 g/mol. The number of benzene rings is 1. The highest BCUT2D eigenvalue weighted by molar-refractivity contribution is 5.98. The normalized spacial score (nSPS) is 20.8. The molecule has 1 heterocycles. The number of carbonyl (C=O) groups excluding carboxylic acids is 2. The maximum Gasteiger partial charge on any atom is 0.254 e. The summed E-state index contributed by atoms with van der Waals surface area (Å²) in [5, 5.41) is 3.01. The lowest BCUT2D eigenvalue weighted by Gasteiger charge is -2.24. The Bertz CT molecular complexity index is 552. The zero-order chi connectivity index (χ0) is 15.5. The van der Waals surface area contributed by atoms with Gasteiger partial charge < -0.3 is 15.0 Å². The van der Waals surface area contributed by atoms with Crippen LogP contribution in [0.5, 0.6) is 5.75 Å². The standard InChI is InChI=1S/C17H22N2O3/c1-2-22-14-9-5-12(6-10-14)17(21)19-11-3-4-15(19)16(20)18-13-7-8-13/h5-6,9-10,13,15H,2-4,7-8,11H2,1H3,(H,18,20).